The number of carbonyl (C=O) groups excluding carboxylic acids is 1. The van der Waals surface area contributed by atoms with Gasteiger partial charge in [0, 0.05) is 10.5 Å². The van der Waals surface area contributed by atoms with Gasteiger partial charge in [-0.25, -0.2) is 4.39 Å². The number of rotatable bonds is 4. The number of halogens is 2. The highest BCUT2D eigenvalue weighted by atomic mass is 79.9. The van der Waals surface area contributed by atoms with E-state index in [1.54, 1.807) is 6.07 Å². The van der Waals surface area contributed by atoms with E-state index in [4.69, 9.17) is 0 Å². The molecule has 0 spiro atoms. The van der Waals surface area contributed by atoms with Crippen LogP contribution in [0.3, 0.4) is 0 Å². The van der Waals surface area contributed by atoms with Crippen LogP contribution in [-0.4, -0.2) is 11.9 Å². The topological polar surface area (TPSA) is 29.1 Å². The third-order valence-electron chi connectivity index (χ3n) is 3.34. The normalized spacial score (nSPS) is 12.0. The van der Waals surface area contributed by atoms with Gasteiger partial charge in [-0.2, -0.15) is 0 Å². The zero-order chi connectivity index (χ0) is 15.4. The van der Waals surface area contributed by atoms with Crippen molar-refractivity contribution < 1.29 is 9.18 Å². The quantitative estimate of drug-likeness (QED) is 0.877. The minimum Gasteiger partial charge on any atom is -0.349 e. The number of hydrogen-bond acceptors (Lipinski definition) is 1. The van der Waals surface area contributed by atoms with E-state index in [1.165, 1.54) is 23.3 Å². The molecule has 1 amide bonds. The third-order valence-corrected chi connectivity index (χ3v) is 3.83. The molecule has 0 aliphatic carbocycles. The second kappa shape index (κ2) is 6.85. The molecule has 1 atom stereocenters. The largest absolute Gasteiger partial charge is 0.349 e. The summed E-state index contributed by atoms with van der Waals surface area (Å²) in [5.74, 6) is -0.911. The second-order valence-corrected chi connectivity index (χ2v) is 6.04. The van der Waals surface area contributed by atoms with Crippen molar-refractivity contribution in [2.24, 2.45) is 0 Å². The molecule has 2 nitrogen and oxygen atoms in total. The van der Waals surface area contributed by atoms with Gasteiger partial charge in [0.1, 0.15) is 5.82 Å². The Labute approximate surface area is 132 Å². The van der Waals surface area contributed by atoms with Crippen molar-refractivity contribution in [3.05, 3.63) is 69.4 Å². The molecule has 0 heterocycles. The third kappa shape index (κ3) is 4.14. The highest BCUT2D eigenvalue weighted by Crippen LogP contribution is 2.16. The Kier molecular flexibility index (Phi) is 5.12. The van der Waals surface area contributed by atoms with Crippen molar-refractivity contribution in [2.45, 2.75) is 26.3 Å². The maximum atomic E-state index is 13.8. The smallest absolute Gasteiger partial charge is 0.254 e. The van der Waals surface area contributed by atoms with Crippen molar-refractivity contribution in [2.75, 3.05) is 0 Å². The molecule has 0 fully saturated rings. The van der Waals surface area contributed by atoms with Crippen LogP contribution in [0.25, 0.3) is 0 Å². The zero-order valence-corrected chi connectivity index (χ0v) is 13.6. The van der Waals surface area contributed by atoms with E-state index in [9.17, 15) is 9.18 Å². The Morgan fingerprint density at radius 1 is 1.29 bits per heavy atom. The van der Waals surface area contributed by atoms with E-state index in [0.717, 1.165) is 6.42 Å². The molecule has 0 saturated carbocycles. The molecule has 1 unspecified atom stereocenters. The lowest BCUT2D eigenvalue weighted by Gasteiger charge is -2.15. The van der Waals surface area contributed by atoms with Gasteiger partial charge >= 0.3 is 0 Å². The van der Waals surface area contributed by atoms with Crippen LogP contribution in [0.2, 0.25) is 0 Å². The van der Waals surface area contributed by atoms with Gasteiger partial charge in [0.25, 0.3) is 5.91 Å². The van der Waals surface area contributed by atoms with Gasteiger partial charge in [-0.15, -0.1) is 0 Å². The molecule has 2 aromatic rings. The molecule has 0 aliphatic rings. The fourth-order valence-corrected chi connectivity index (χ4v) is 2.53. The van der Waals surface area contributed by atoms with Crippen LogP contribution in [-0.2, 0) is 6.42 Å². The number of aryl methyl sites for hydroxylation is 1. The SMILES string of the molecule is Cc1ccccc1CC(C)NC(=O)c1ccc(Br)cc1F. The maximum Gasteiger partial charge on any atom is 0.254 e. The van der Waals surface area contributed by atoms with Crippen LogP contribution in [0.1, 0.15) is 28.4 Å². The average Bonchev–Trinajstić information content (AvgIpc) is 2.41. The molecular weight excluding hydrogens is 333 g/mol. The van der Waals surface area contributed by atoms with E-state index in [1.807, 2.05) is 38.1 Å². The summed E-state index contributed by atoms with van der Waals surface area (Å²) in [7, 11) is 0. The average molecular weight is 350 g/mol. The van der Waals surface area contributed by atoms with Crippen LogP contribution in [0.15, 0.2) is 46.9 Å². The number of nitrogens with one attached hydrogen (secondary N) is 1. The molecule has 0 radical (unpaired) electrons. The van der Waals surface area contributed by atoms with Gasteiger partial charge in [-0.05, 0) is 49.6 Å². The van der Waals surface area contributed by atoms with Crippen molar-refractivity contribution in [3.63, 3.8) is 0 Å². The minimum atomic E-state index is -0.523. The summed E-state index contributed by atoms with van der Waals surface area (Å²) >= 11 is 3.18. The number of amides is 1. The van der Waals surface area contributed by atoms with Crippen molar-refractivity contribution in [3.8, 4) is 0 Å². The van der Waals surface area contributed by atoms with Crippen molar-refractivity contribution in [1.82, 2.24) is 5.32 Å². The predicted molar refractivity (Wildman–Crippen MR) is 85.9 cm³/mol. The van der Waals surface area contributed by atoms with Crippen LogP contribution >= 0.6 is 15.9 Å². The predicted octanol–water partition coefficient (Wildman–Crippen LogP) is 4.26. The Hall–Kier alpha value is -1.68. The lowest BCUT2D eigenvalue weighted by Crippen LogP contribution is -2.34. The van der Waals surface area contributed by atoms with Gasteiger partial charge in [-0.3, -0.25) is 4.79 Å². The van der Waals surface area contributed by atoms with Gasteiger partial charge in [0.2, 0.25) is 0 Å². The summed E-state index contributed by atoms with van der Waals surface area (Å²) in [4.78, 5) is 12.1. The lowest BCUT2D eigenvalue weighted by molar-refractivity contribution is 0.0936. The van der Waals surface area contributed by atoms with E-state index >= 15 is 0 Å². The van der Waals surface area contributed by atoms with Gasteiger partial charge < -0.3 is 5.32 Å². The van der Waals surface area contributed by atoms with E-state index in [2.05, 4.69) is 21.2 Å². The van der Waals surface area contributed by atoms with Crippen molar-refractivity contribution in [1.29, 1.82) is 0 Å². The molecule has 0 aliphatic heterocycles. The summed E-state index contributed by atoms with van der Waals surface area (Å²) in [6.07, 6.45) is 0.719. The molecule has 4 heteroatoms. The van der Waals surface area contributed by atoms with Crippen LogP contribution < -0.4 is 5.32 Å². The Balaban J connectivity index is 2.04. The summed E-state index contributed by atoms with van der Waals surface area (Å²) in [6.45, 7) is 3.96. The fraction of sp³-hybridized carbons (Fsp3) is 0.235. The molecule has 21 heavy (non-hydrogen) atoms. The van der Waals surface area contributed by atoms with Crippen LogP contribution in [0.4, 0.5) is 4.39 Å². The van der Waals surface area contributed by atoms with Crippen molar-refractivity contribution >= 4 is 21.8 Å². The van der Waals surface area contributed by atoms with E-state index in [-0.39, 0.29) is 17.5 Å². The zero-order valence-electron chi connectivity index (χ0n) is 12.0. The molecule has 0 bridgehead atoms. The first-order valence-corrected chi connectivity index (χ1v) is 7.57. The lowest BCUT2D eigenvalue weighted by atomic mass is 10.0. The van der Waals surface area contributed by atoms with Crippen LogP contribution in [0, 0.1) is 12.7 Å². The molecule has 2 rings (SSSR count). The Bertz CT molecular complexity index is 657. The highest BCUT2D eigenvalue weighted by Gasteiger charge is 2.15. The first-order chi connectivity index (χ1) is 9.97. The Morgan fingerprint density at radius 3 is 2.67 bits per heavy atom. The Morgan fingerprint density at radius 2 is 2.00 bits per heavy atom. The number of hydrogen-bond donors (Lipinski definition) is 1. The monoisotopic (exact) mass is 349 g/mol. The molecule has 1 N–H and O–H groups in total. The highest BCUT2D eigenvalue weighted by molar-refractivity contribution is 9.10. The minimum absolute atomic E-state index is 0.0647. The molecule has 2 aromatic carbocycles. The molecule has 0 saturated heterocycles. The van der Waals surface area contributed by atoms with Gasteiger partial charge in [0.15, 0.2) is 0 Å². The summed E-state index contributed by atoms with van der Waals surface area (Å²) < 4.78 is 14.4. The summed E-state index contributed by atoms with van der Waals surface area (Å²) in [5, 5.41) is 2.84. The number of carbonyl (C=O) groups is 1. The first kappa shape index (κ1) is 15.7. The molecular formula is C17H17BrFNO. The maximum absolute atomic E-state index is 13.8. The van der Waals surface area contributed by atoms with Gasteiger partial charge in [-0.1, -0.05) is 40.2 Å². The van der Waals surface area contributed by atoms with Crippen LogP contribution in [0.5, 0.6) is 0 Å². The van der Waals surface area contributed by atoms with E-state index < -0.39 is 5.82 Å². The molecule has 0 aromatic heterocycles. The molecule has 110 valence electrons. The number of benzene rings is 2. The first-order valence-electron chi connectivity index (χ1n) is 6.78. The van der Waals surface area contributed by atoms with E-state index in [0.29, 0.717) is 4.47 Å². The van der Waals surface area contributed by atoms with Gasteiger partial charge in [0.05, 0.1) is 5.56 Å². The summed E-state index contributed by atoms with van der Waals surface area (Å²) in [5.41, 5.74) is 2.44. The standard InChI is InChI=1S/C17H17BrFNO/c1-11-5-3-4-6-13(11)9-12(2)20-17(21)15-8-7-14(18)10-16(15)19/h3-8,10,12H,9H2,1-2H3,(H,20,21). The second-order valence-electron chi connectivity index (χ2n) is 5.13. The fourth-order valence-electron chi connectivity index (χ4n) is 2.20. The summed E-state index contributed by atoms with van der Waals surface area (Å²) in [6, 6.07) is 12.4.